The van der Waals surface area contributed by atoms with Gasteiger partial charge >= 0.3 is 0 Å². The van der Waals surface area contributed by atoms with Gasteiger partial charge in [0.15, 0.2) is 0 Å². The quantitative estimate of drug-likeness (QED) is 0.888. The zero-order chi connectivity index (χ0) is 14.5. The molecule has 0 atom stereocenters. The maximum Gasteiger partial charge on any atom is 0.252 e. The van der Waals surface area contributed by atoms with Crippen molar-refractivity contribution in [2.45, 2.75) is 24.9 Å². The van der Waals surface area contributed by atoms with Crippen molar-refractivity contribution in [2.75, 3.05) is 5.32 Å². The number of aromatic nitrogens is 2. The lowest BCUT2D eigenvalue weighted by Gasteiger charge is -2.08. The summed E-state index contributed by atoms with van der Waals surface area (Å²) in [7, 11) is 0. The van der Waals surface area contributed by atoms with Gasteiger partial charge in [0.2, 0.25) is 5.95 Å². The number of nitrogens with zero attached hydrogens (tertiary/aromatic N) is 1. The van der Waals surface area contributed by atoms with E-state index in [9.17, 15) is 9.18 Å². The van der Waals surface area contributed by atoms with Crippen molar-refractivity contribution < 1.29 is 4.39 Å². The minimum Gasteiger partial charge on any atom is -0.326 e. The Morgan fingerprint density at radius 1 is 1.40 bits per heavy atom. The molecule has 0 aliphatic rings. The van der Waals surface area contributed by atoms with Gasteiger partial charge in [0.05, 0.1) is 5.69 Å². The van der Waals surface area contributed by atoms with Crippen LogP contribution in [0.4, 0.5) is 16.0 Å². The van der Waals surface area contributed by atoms with Crippen molar-refractivity contribution in [3.63, 3.8) is 0 Å². The standard InChI is InChI=1S/C14H16FN3OS/c1-9(2)20-8-12-7-13(19)18-14(17-12)16-11-5-3-4-10(15)6-11/h3-7,9H,8H2,1-2H3,(H2,16,17,18,19). The van der Waals surface area contributed by atoms with Crippen LogP contribution in [-0.4, -0.2) is 15.2 Å². The average molecular weight is 293 g/mol. The summed E-state index contributed by atoms with van der Waals surface area (Å²) in [5.74, 6) is 0.644. The average Bonchev–Trinajstić information content (AvgIpc) is 2.35. The number of benzene rings is 1. The molecule has 1 heterocycles. The number of H-pyrrole nitrogens is 1. The van der Waals surface area contributed by atoms with Gasteiger partial charge in [-0.15, -0.1) is 0 Å². The molecule has 0 fully saturated rings. The first-order valence-electron chi connectivity index (χ1n) is 6.27. The molecule has 0 saturated carbocycles. The van der Waals surface area contributed by atoms with Crippen LogP contribution in [0.25, 0.3) is 0 Å². The molecule has 106 valence electrons. The van der Waals surface area contributed by atoms with Gasteiger partial charge in [-0.2, -0.15) is 11.8 Å². The third-order valence-electron chi connectivity index (χ3n) is 2.45. The maximum absolute atomic E-state index is 13.1. The molecule has 6 heteroatoms. The molecular formula is C14H16FN3OS. The van der Waals surface area contributed by atoms with Gasteiger partial charge < -0.3 is 5.32 Å². The Balaban J connectivity index is 2.17. The Kier molecular flexibility index (Phi) is 4.79. The minimum absolute atomic E-state index is 0.224. The summed E-state index contributed by atoms with van der Waals surface area (Å²) in [5.41, 5.74) is 1.02. The fourth-order valence-corrected chi connectivity index (χ4v) is 2.25. The van der Waals surface area contributed by atoms with Gasteiger partial charge in [-0.3, -0.25) is 9.78 Å². The van der Waals surface area contributed by atoms with Gasteiger partial charge in [-0.1, -0.05) is 19.9 Å². The highest BCUT2D eigenvalue weighted by Crippen LogP contribution is 2.17. The van der Waals surface area contributed by atoms with Crippen LogP contribution in [0.2, 0.25) is 0 Å². The molecule has 0 saturated heterocycles. The summed E-state index contributed by atoms with van der Waals surface area (Å²) in [6.45, 7) is 4.17. The molecule has 1 aromatic carbocycles. The Bertz CT molecular complexity index is 642. The molecule has 4 nitrogen and oxygen atoms in total. The van der Waals surface area contributed by atoms with E-state index in [0.717, 1.165) is 0 Å². The molecule has 0 spiro atoms. The molecule has 0 aliphatic heterocycles. The van der Waals surface area contributed by atoms with Crippen molar-refractivity contribution in [3.05, 3.63) is 52.2 Å². The van der Waals surface area contributed by atoms with E-state index >= 15 is 0 Å². The molecule has 2 rings (SSSR count). The van der Waals surface area contributed by atoms with Crippen LogP contribution in [0.1, 0.15) is 19.5 Å². The van der Waals surface area contributed by atoms with E-state index in [1.54, 1.807) is 23.9 Å². The molecule has 2 aromatic rings. The minimum atomic E-state index is -0.344. The largest absolute Gasteiger partial charge is 0.326 e. The van der Waals surface area contributed by atoms with Crippen LogP contribution in [-0.2, 0) is 5.75 Å². The molecule has 20 heavy (non-hydrogen) atoms. The zero-order valence-electron chi connectivity index (χ0n) is 11.3. The topological polar surface area (TPSA) is 57.8 Å². The second-order valence-corrected chi connectivity index (χ2v) is 6.15. The summed E-state index contributed by atoms with van der Waals surface area (Å²) >= 11 is 1.71. The van der Waals surface area contributed by atoms with Crippen LogP contribution in [0.15, 0.2) is 35.1 Å². The van der Waals surface area contributed by atoms with Crippen molar-refractivity contribution in [1.82, 2.24) is 9.97 Å². The number of halogens is 1. The van der Waals surface area contributed by atoms with Crippen molar-refractivity contribution in [3.8, 4) is 0 Å². The van der Waals surface area contributed by atoms with E-state index in [1.165, 1.54) is 18.2 Å². The number of hydrogen-bond acceptors (Lipinski definition) is 4. The number of nitrogens with one attached hydrogen (secondary N) is 2. The molecule has 0 bridgehead atoms. The van der Waals surface area contributed by atoms with Crippen LogP contribution < -0.4 is 10.9 Å². The fraction of sp³-hybridized carbons (Fsp3) is 0.286. The van der Waals surface area contributed by atoms with Crippen LogP contribution >= 0.6 is 11.8 Å². The van der Waals surface area contributed by atoms with E-state index in [1.807, 2.05) is 0 Å². The maximum atomic E-state index is 13.1. The predicted molar refractivity (Wildman–Crippen MR) is 81.0 cm³/mol. The Morgan fingerprint density at radius 2 is 2.20 bits per heavy atom. The predicted octanol–water partition coefficient (Wildman–Crippen LogP) is 3.29. The summed E-state index contributed by atoms with van der Waals surface area (Å²) < 4.78 is 13.1. The van der Waals surface area contributed by atoms with E-state index in [0.29, 0.717) is 28.3 Å². The van der Waals surface area contributed by atoms with Gasteiger partial charge in [0.1, 0.15) is 5.82 Å². The lowest BCUT2D eigenvalue weighted by atomic mass is 10.3. The normalized spacial score (nSPS) is 10.8. The lowest BCUT2D eigenvalue weighted by molar-refractivity contribution is 0.628. The van der Waals surface area contributed by atoms with Gasteiger partial charge in [-0.25, -0.2) is 9.37 Å². The van der Waals surface area contributed by atoms with E-state index in [-0.39, 0.29) is 11.4 Å². The first-order valence-corrected chi connectivity index (χ1v) is 7.32. The summed E-state index contributed by atoms with van der Waals surface area (Å²) in [6.07, 6.45) is 0. The van der Waals surface area contributed by atoms with Crippen molar-refractivity contribution >= 4 is 23.4 Å². The van der Waals surface area contributed by atoms with E-state index < -0.39 is 0 Å². The fourth-order valence-electron chi connectivity index (χ4n) is 1.60. The summed E-state index contributed by atoms with van der Waals surface area (Å²) in [5, 5.41) is 3.37. The first-order chi connectivity index (χ1) is 9.52. The molecule has 0 amide bonds. The molecule has 1 aromatic heterocycles. The Hall–Kier alpha value is -1.82. The van der Waals surface area contributed by atoms with Gasteiger partial charge in [0.25, 0.3) is 5.56 Å². The smallest absolute Gasteiger partial charge is 0.252 e. The van der Waals surface area contributed by atoms with Crippen LogP contribution in [0, 0.1) is 5.82 Å². The highest BCUT2D eigenvalue weighted by Gasteiger charge is 2.04. The van der Waals surface area contributed by atoms with Crippen LogP contribution in [0.5, 0.6) is 0 Å². The van der Waals surface area contributed by atoms with E-state index in [4.69, 9.17) is 0 Å². The van der Waals surface area contributed by atoms with Crippen molar-refractivity contribution in [2.24, 2.45) is 0 Å². The number of hydrogen-bond donors (Lipinski definition) is 2. The second-order valence-electron chi connectivity index (χ2n) is 4.58. The third kappa shape index (κ3) is 4.38. The second kappa shape index (κ2) is 6.56. The Labute approximate surface area is 120 Å². The Morgan fingerprint density at radius 3 is 2.90 bits per heavy atom. The first kappa shape index (κ1) is 14.6. The summed E-state index contributed by atoms with van der Waals surface area (Å²) in [4.78, 5) is 18.5. The molecular weight excluding hydrogens is 277 g/mol. The zero-order valence-corrected chi connectivity index (χ0v) is 12.1. The monoisotopic (exact) mass is 293 g/mol. The highest BCUT2D eigenvalue weighted by molar-refractivity contribution is 7.99. The molecule has 0 unspecified atom stereocenters. The molecule has 0 aliphatic carbocycles. The lowest BCUT2D eigenvalue weighted by Crippen LogP contribution is -2.12. The number of anilines is 2. The SMILES string of the molecule is CC(C)SCc1cc(=O)[nH]c(Nc2cccc(F)c2)n1. The van der Waals surface area contributed by atoms with Crippen LogP contribution in [0.3, 0.4) is 0 Å². The molecule has 2 N–H and O–H groups in total. The van der Waals surface area contributed by atoms with Gasteiger partial charge in [-0.05, 0) is 23.4 Å². The molecule has 0 radical (unpaired) electrons. The van der Waals surface area contributed by atoms with Crippen molar-refractivity contribution in [1.29, 1.82) is 0 Å². The van der Waals surface area contributed by atoms with E-state index in [2.05, 4.69) is 29.1 Å². The van der Waals surface area contributed by atoms with Gasteiger partial charge in [0, 0.05) is 17.5 Å². The number of aromatic amines is 1. The highest BCUT2D eigenvalue weighted by atomic mass is 32.2. The number of rotatable bonds is 5. The summed E-state index contributed by atoms with van der Waals surface area (Å²) in [6, 6.07) is 7.48. The third-order valence-corrected chi connectivity index (χ3v) is 3.58. The number of thioether (sulfide) groups is 1.